The highest BCUT2D eigenvalue weighted by Gasteiger charge is 2.71. The molecule has 1 saturated heterocycles. The van der Waals surface area contributed by atoms with Crippen LogP contribution < -0.4 is 0 Å². The van der Waals surface area contributed by atoms with Gasteiger partial charge in [0, 0.05) is 17.8 Å². The summed E-state index contributed by atoms with van der Waals surface area (Å²) in [6.45, 7) is 14.9. The van der Waals surface area contributed by atoms with Crippen LogP contribution in [0.2, 0.25) is 0 Å². The summed E-state index contributed by atoms with van der Waals surface area (Å²) in [4.78, 5) is 24.4. The topological polar surface area (TPSA) is 55.9 Å². The predicted octanol–water partition coefficient (Wildman–Crippen LogP) is 4.49. The molecule has 0 aromatic rings. The SMILES string of the molecule is C=C1C(=O)C=C2[C@H]3O[C@H]3[C@H]3[C@@H]4CC[C@H](OC(C)=O)[C@@]4(C)CC[C@@H]3[C@@]2(C)[C@@H]1C(C)C. The lowest BCUT2D eigenvalue weighted by Gasteiger charge is -2.59. The first-order chi connectivity index (χ1) is 13.6. The van der Waals surface area contributed by atoms with Gasteiger partial charge in [-0.1, -0.05) is 34.3 Å². The molecular formula is C25H34O4. The first kappa shape index (κ1) is 19.5. The highest BCUT2D eigenvalue weighted by atomic mass is 16.6. The quantitative estimate of drug-likeness (QED) is 0.391. The van der Waals surface area contributed by atoms with Crippen molar-refractivity contribution in [1.82, 2.24) is 0 Å². The molecule has 158 valence electrons. The summed E-state index contributed by atoms with van der Waals surface area (Å²) in [7, 11) is 0. The Morgan fingerprint density at radius 1 is 1.24 bits per heavy atom. The Balaban J connectivity index is 1.57. The van der Waals surface area contributed by atoms with Gasteiger partial charge in [-0.2, -0.15) is 0 Å². The van der Waals surface area contributed by atoms with Crippen molar-refractivity contribution < 1.29 is 19.1 Å². The molecule has 1 heterocycles. The Hall–Kier alpha value is -1.42. The van der Waals surface area contributed by atoms with Crippen LogP contribution in [0.5, 0.6) is 0 Å². The molecule has 4 fully saturated rings. The van der Waals surface area contributed by atoms with Gasteiger partial charge in [0.25, 0.3) is 0 Å². The normalized spacial score (nSPS) is 50.3. The zero-order valence-electron chi connectivity index (χ0n) is 18.4. The van der Waals surface area contributed by atoms with Crippen LogP contribution in [0.3, 0.4) is 0 Å². The molecule has 5 aliphatic rings. The molecule has 4 heteroatoms. The highest BCUT2D eigenvalue weighted by Crippen LogP contribution is 2.71. The van der Waals surface area contributed by atoms with E-state index < -0.39 is 0 Å². The van der Waals surface area contributed by atoms with Crippen LogP contribution >= 0.6 is 0 Å². The number of epoxide rings is 1. The number of carbonyl (C=O) groups excluding carboxylic acids is 2. The van der Waals surface area contributed by atoms with E-state index in [0.717, 1.165) is 31.3 Å². The molecule has 29 heavy (non-hydrogen) atoms. The van der Waals surface area contributed by atoms with Crippen molar-refractivity contribution in [3.63, 3.8) is 0 Å². The number of esters is 1. The number of hydrogen-bond donors (Lipinski definition) is 0. The van der Waals surface area contributed by atoms with Gasteiger partial charge in [0.2, 0.25) is 0 Å². The molecule has 0 radical (unpaired) electrons. The lowest BCUT2D eigenvalue weighted by atomic mass is 9.43. The van der Waals surface area contributed by atoms with Crippen molar-refractivity contribution in [3.8, 4) is 0 Å². The van der Waals surface area contributed by atoms with Crippen LogP contribution in [0.4, 0.5) is 0 Å². The minimum Gasteiger partial charge on any atom is -0.462 e. The van der Waals surface area contributed by atoms with Crippen molar-refractivity contribution in [3.05, 3.63) is 23.8 Å². The second kappa shape index (κ2) is 6.06. The van der Waals surface area contributed by atoms with E-state index in [1.165, 1.54) is 12.5 Å². The number of ketones is 1. The van der Waals surface area contributed by atoms with E-state index in [-0.39, 0.29) is 46.8 Å². The number of allylic oxidation sites excluding steroid dienone is 1. The van der Waals surface area contributed by atoms with Crippen molar-refractivity contribution in [2.24, 2.45) is 40.4 Å². The third-order valence-corrected chi connectivity index (χ3v) is 9.45. The van der Waals surface area contributed by atoms with Gasteiger partial charge in [-0.15, -0.1) is 0 Å². The maximum absolute atomic E-state index is 12.7. The van der Waals surface area contributed by atoms with Crippen molar-refractivity contribution in [1.29, 1.82) is 0 Å². The molecule has 0 amide bonds. The Morgan fingerprint density at radius 2 is 1.97 bits per heavy atom. The van der Waals surface area contributed by atoms with Crippen LogP contribution in [-0.2, 0) is 19.1 Å². The second-order valence-corrected chi connectivity index (χ2v) is 11.0. The van der Waals surface area contributed by atoms with Gasteiger partial charge in [-0.25, -0.2) is 0 Å². The van der Waals surface area contributed by atoms with Gasteiger partial charge in [0.15, 0.2) is 5.78 Å². The van der Waals surface area contributed by atoms with Crippen LogP contribution in [0.15, 0.2) is 23.8 Å². The fourth-order valence-corrected chi connectivity index (χ4v) is 8.38. The summed E-state index contributed by atoms with van der Waals surface area (Å²) >= 11 is 0. The smallest absolute Gasteiger partial charge is 0.302 e. The van der Waals surface area contributed by atoms with E-state index in [9.17, 15) is 9.59 Å². The zero-order chi connectivity index (χ0) is 20.9. The van der Waals surface area contributed by atoms with E-state index in [4.69, 9.17) is 9.47 Å². The lowest BCUT2D eigenvalue weighted by molar-refractivity contribution is -0.157. The van der Waals surface area contributed by atoms with Gasteiger partial charge < -0.3 is 9.47 Å². The molecule has 9 atom stereocenters. The fraction of sp³-hybridized carbons (Fsp3) is 0.760. The van der Waals surface area contributed by atoms with Crippen molar-refractivity contribution in [2.75, 3.05) is 0 Å². The molecule has 0 aromatic carbocycles. The molecule has 5 rings (SSSR count). The summed E-state index contributed by atoms with van der Waals surface area (Å²) in [5.41, 5.74) is 1.98. The summed E-state index contributed by atoms with van der Waals surface area (Å²) in [6, 6.07) is 0. The summed E-state index contributed by atoms with van der Waals surface area (Å²) in [5, 5.41) is 0. The van der Waals surface area contributed by atoms with Crippen LogP contribution in [0.1, 0.15) is 60.3 Å². The zero-order valence-corrected chi connectivity index (χ0v) is 18.4. The maximum Gasteiger partial charge on any atom is 0.302 e. The predicted molar refractivity (Wildman–Crippen MR) is 110 cm³/mol. The molecular weight excluding hydrogens is 364 g/mol. The number of carbonyl (C=O) groups is 2. The van der Waals surface area contributed by atoms with E-state index >= 15 is 0 Å². The molecule has 0 bridgehead atoms. The molecule has 0 N–H and O–H groups in total. The summed E-state index contributed by atoms with van der Waals surface area (Å²) in [5.74, 6) is 1.94. The Labute approximate surface area is 174 Å². The molecule has 0 aromatic heterocycles. The summed E-state index contributed by atoms with van der Waals surface area (Å²) in [6.07, 6.45) is 6.44. The Morgan fingerprint density at radius 3 is 2.62 bits per heavy atom. The minimum absolute atomic E-state index is 0.0247. The van der Waals surface area contributed by atoms with Crippen LogP contribution in [0, 0.1) is 40.4 Å². The third-order valence-electron chi connectivity index (χ3n) is 9.45. The number of rotatable bonds is 2. The lowest BCUT2D eigenvalue weighted by Crippen LogP contribution is -2.57. The van der Waals surface area contributed by atoms with Gasteiger partial charge >= 0.3 is 5.97 Å². The van der Waals surface area contributed by atoms with Gasteiger partial charge in [-0.3, -0.25) is 9.59 Å². The van der Waals surface area contributed by atoms with E-state index in [1.54, 1.807) is 0 Å². The van der Waals surface area contributed by atoms with Crippen molar-refractivity contribution >= 4 is 11.8 Å². The largest absolute Gasteiger partial charge is 0.462 e. The molecule has 4 nitrogen and oxygen atoms in total. The Bertz CT molecular complexity index is 825. The average Bonchev–Trinajstić information content (AvgIpc) is 3.35. The average molecular weight is 399 g/mol. The second-order valence-electron chi connectivity index (χ2n) is 11.0. The number of hydrogen-bond acceptors (Lipinski definition) is 4. The van der Waals surface area contributed by atoms with Crippen LogP contribution in [-0.4, -0.2) is 30.1 Å². The van der Waals surface area contributed by atoms with Gasteiger partial charge in [-0.05, 0) is 72.5 Å². The molecule has 0 spiro atoms. The summed E-state index contributed by atoms with van der Waals surface area (Å²) < 4.78 is 12.1. The maximum atomic E-state index is 12.7. The first-order valence-electron chi connectivity index (χ1n) is 11.4. The van der Waals surface area contributed by atoms with Crippen LogP contribution in [0.25, 0.3) is 0 Å². The molecule has 1 aliphatic heterocycles. The first-order valence-corrected chi connectivity index (χ1v) is 11.4. The Kier molecular flexibility index (Phi) is 4.08. The molecule has 0 unspecified atom stereocenters. The molecule has 3 saturated carbocycles. The number of ether oxygens (including phenoxy) is 2. The number of fused-ring (bicyclic) bond motifs is 8. The van der Waals surface area contributed by atoms with Gasteiger partial charge in [0.1, 0.15) is 12.2 Å². The highest BCUT2D eigenvalue weighted by molar-refractivity contribution is 6.06. The standard InChI is InChI=1S/C25H34O4/c1-12(2)21-13(3)18(27)11-17-22-23(29-22)20-15-7-8-19(28-14(4)26)24(15,5)10-9-16(20)25(17,21)6/h11-12,15-16,19-23H,3,7-10H2,1-2,4-6H3/t15-,16-,19-,20-,21+,22+,23-,24-,25+/m0/s1. The monoisotopic (exact) mass is 398 g/mol. The third kappa shape index (κ3) is 2.41. The van der Waals surface area contributed by atoms with E-state index in [2.05, 4.69) is 34.3 Å². The minimum atomic E-state index is -0.165. The van der Waals surface area contributed by atoms with Crippen molar-refractivity contribution in [2.45, 2.75) is 78.6 Å². The molecule has 4 aliphatic carbocycles. The van der Waals surface area contributed by atoms with Gasteiger partial charge in [0.05, 0.1) is 6.10 Å². The van der Waals surface area contributed by atoms with E-state index in [1.807, 2.05) is 6.08 Å². The van der Waals surface area contributed by atoms with E-state index in [0.29, 0.717) is 23.7 Å². The fourth-order valence-electron chi connectivity index (χ4n) is 8.38.